The lowest BCUT2D eigenvalue weighted by atomic mass is 10.2. The maximum absolute atomic E-state index is 11.9. The van der Waals surface area contributed by atoms with Gasteiger partial charge in [-0.3, -0.25) is 9.59 Å². The molecule has 7 nitrogen and oxygen atoms in total. The van der Waals surface area contributed by atoms with Gasteiger partial charge in [0.2, 0.25) is 5.91 Å². The molecule has 0 heterocycles. The molecule has 124 valence electrons. The molecule has 7 heteroatoms. The number of carbonyl (C=O) groups excluding carboxylic acids is 2. The average molecular weight is 327 g/mol. The van der Waals surface area contributed by atoms with Crippen molar-refractivity contribution < 1.29 is 19.8 Å². The van der Waals surface area contributed by atoms with Gasteiger partial charge in [0.1, 0.15) is 11.5 Å². The topological polar surface area (TPSA) is 111 Å². The Balaban J connectivity index is 1.97. The van der Waals surface area contributed by atoms with E-state index >= 15 is 0 Å². The molecule has 0 saturated heterocycles. The monoisotopic (exact) mass is 327 g/mol. The minimum Gasteiger partial charge on any atom is -0.508 e. The zero-order valence-electron chi connectivity index (χ0n) is 13.0. The Morgan fingerprint density at radius 2 is 1.83 bits per heavy atom. The van der Waals surface area contributed by atoms with Crippen LogP contribution in [0.3, 0.4) is 0 Å². The molecule has 0 aliphatic heterocycles. The second-order valence-electron chi connectivity index (χ2n) is 4.92. The number of benzene rings is 2. The zero-order chi connectivity index (χ0) is 17.5. The Bertz CT molecular complexity index is 770. The van der Waals surface area contributed by atoms with Crippen molar-refractivity contribution in [2.75, 3.05) is 5.32 Å². The van der Waals surface area contributed by atoms with Gasteiger partial charge >= 0.3 is 0 Å². The van der Waals surface area contributed by atoms with Crippen LogP contribution in [0, 0.1) is 0 Å². The quantitative estimate of drug-likeness (QED) is 0.498. The fraction of sp³-hybridized carbons (Fsp3) is 0.118. The summed E-state index contributed by atoms with van der Waals surface area (Å²) in [7, 11) is 0. The molecule has 24 heavy (non-hydrogen) atoms. The van der Waals surface area contributed by atoms with Crippen LogP contribution in [0.1, 0.15) is 29.3 Å². The summed E-state index contributed by atoms with van der Waals surface area (Å²) in [6.07, 6.45) is 1.64. The summed E-state index contributed by atoms with van der Waals surface area (Å²) in [4.78, 5) is 23.2. The van der Waals surface area contributed by atoms with Crippen molar-refractivity contribution in [1.82, 2.24) is 5.43 Å². The van der Waals surface area contributed by atoms with Crippen LogP contribution in [0.15, 0.2) is 47.6 Å². The highest BCUT2D eigenvalue weighted by atomic mass is 16.3. The zero-order valence-corrected chi connectivity index (χ0v) is 13.0. The summed E-state index contributed by atoms with van der Waals surface area (Å²) >= 11 is 0. The largest absolute Gasteiger partial charge is 0.508 e. The van der Waals surface area contributed by atoms with Crippen molar-refractivity contribution in [2.24, 2.45) is 5.10 Å². The van der Waals surface area contributed by atoms with E-state index in [1.807, 2.05) is 0 Å². The predicted octanol–water partition coefficient (Wildman–Crippen LogP) is 2.21. The highest BCUT2D eigenvalue weighted by Crippen LogP contribution is 2.20. The summed E-state index contributed by atoms with van der Waals surface area (Å²) in [5.41, 5.74) is 3.66. The first-order valence-electron chi connectivity index (χ1n) is 7.25. The molecule has 0 aliphatic rings. The van der Waals surface area contributed by atoms with E-state index in [1.54, 1.807) is 31.2 Å². The third kappa shape index (κ3) is 4.57. The van der Waals surface area contributed by atoms with Gasteiger partial charge in [-0.05, 0) is 36.4 Å². The smallest absolute Gasteiger partial charge is 0.271 e. The highest BCUT2D eigenvalue weighted by molar-refractivity contribution is 5.96. The van der Waals surface area contributed by atoms with Crippen LogP contribution in [-0.2, 0) is 4.79 Å². The minimum absolute atomic E-state index is 0.0658. The van der Waals surface area contributed by atoms with E-state index in [0.29, 0.717) is 23.2 Å². The number of anilines is 1. The normalized spacial score (nSPS) is 10.5. The number of nitrogens with zero attached hydrogens (tertiary/aromatic N) is 1. The lowest BCUT2D eigenvalue weighted by Crippen LogP contribution is -2.17. The van der Waals surface area contributed by atoms with Gasteiger partial charge in [-0.15, -0.1) is 0 Å². The number of rotatable bonds is 5. The number of hydrazone groups is 1. The van der Waals surface area contributed by atoms with Crippen molar-refractivity contribution in [3.05, 3.63) is 53.6 Å². The van der Waals surface area contributed by atoms with E-state index in [9.17, 15) is 19.8 Å². The van der Waals surface area contributed by atoms with Crippen LogP contribution in [0.5, 0.6) is 11.5 Å². The predicted molar refractivity (Wildman–Crippen MR) is 90.2 cm³/mol. The average Bonchev–Trinajstić information content (AvgIpc) is 2.57. The van der Waals surface area contributed by atoms with Crippen LogP contribution in [-0.4, -0.2) is 28.2 Å². The number of aromatic hydroxyl groups is 2. The molecule has 0 radical (unpaired) electrons. The number of hydrogen-bond acceptors (Lipinski definition) is 5. The number of phenolic OH excluding ortho intramolecular Hbond substituents is 2. The van der Waals surface area contributed by atoms with Crippen LogP contribution in [0.25, 0.3) is 0 Å². The Hall–Kier alpha value is -3.35. The van der Waals surface area contributed by atoms with Gasteiger partial charge in [-0.1, -0.05) is 6.92 Å². The number of carbonyl (C=O) groups is 2. The van der Waals surface area contributed by atoms with Gasteiger partial charge in [0, 0.05) is 29.3 Å². The number of amides is 2. The summed E-state index contributed by atoms with van der Waals surface area (Å²) < 4.78 is 0. The van der Waals surface area contributed by atoms with Crippen molar-refractivity contribution >= 4 is 23.7 Å². The lowest BCUT2D eigenvalue weighted by molar-refractivity contribution is -0.115. The highest BCUT2D eigenvalue weighted by Gasteiger charge is 2.05. The number of nitrogens with one attached hydrogen (secondary N) is 2. The second kappa shape index (κ2) is 7.77. The Labute approximate surface area is 138 Å². The van der Waals surface area contributed by atoms with Crippen molar-refractivity contribution in [2.45, 2.75) is 13.3 Å². The molecule has 0 unspecified atom stereocenters. The van der Waals surface area contributed by atoms with Crippen LogP contribution in [0.2, 0.25) is 0 Å². The standard InChI is InChI=1S/C17H17N3O4/c1-2-16(23)19-13-6-3-11(4-7-13)17(24)20-18-10-12-5-8-14(21)9-15(12)22/h3-10,21-22H,2H2,1H3,(H,19,23)(H,20,24)/b18-10-. The molecule has 0 aromatic heterocycles. The molecule has 0 fully saturated rings. The van der Waals surface area contributed by atoms with Crippen LogP contribution >= 0.6 is 0 Å². The summed E-state index contributed by atoms with van der Waals surface area (Å²) in [5.74, 6) is -0.753. The molecule has 0 aliphatic carbocycles. The van der Waals surface area contributed by atoms with Gasteiger partial charge in [-0.25, -0.2) is 5.43 Å². The molecule has 2 aromatic carbocycles. The summed E-state index contributed by atoms with van der Waals surface area (Å²) in [6, 6.07) is 10.4. The molecule has 2 rings (SSSR count). The molecule has 2 aromatic rings. The molecule has 2 amide bonds. The lowest BCUT2D eigenvalue weighted by Gasteiger charge is -2.05. The SMILES string of the molecule is CCC(=O)Nc1ccc(C(=O)N/N=C\c2ccc(O)cc2O)cc1. The molecule has 0 bridgehead atoms. The first kappa shape index (κ1) is 17.0. The molecule has 0 spiro atoms. The third-order valence-electron chi connectivity index (χ3n) is 3.14. The first-order chi connectivity index (χ1) is 11.5. The molecule has 0 atom stereocenters. The van der Waals surface area contributed by atoms with Crippen LogP contribution in [0.4, 0.5) is 5.69 Å². The van der Waals surface area contributed by atoms with Crippen molar-refractivity contribution in [3.8, 4) is 11.5 Å². The maximum atomic E-state index is 11.9. The molecular weight excluding hydrogens is 310 g/mol. The van der Waals surface area contributed by atoms with E-state index < -0.39 is 5.91 Å². The third-order valence-corrected chi connectivity index (χ3v) is 3.14. The molecule has 0 saturated carbocycles. The van der Waals surface area contributed by atoms with E-state index in [0.717, 1.165) is 0 Å². The fourth-order valence-electron chi connectivity index (χ4n) is 1.82. The van der Waals surface area contributed by atoms with E-state index in [1.165, 1.54) is 24.4 Å². The van der Waals surface area contributed by atoms with Gasteiger partial charge in [0.15, 0.2) is 0 Å². The van der Waals surface area contributed by atoms with E-state index in [2.05, 4.69) is 15.8 Å². The maximum Gasteiger partial charge on any atom is 0.271 e. The van der Waals surface area contributed by atoms with E-state index in [-0.39, 0.29) is 17.4 Å². The Morgan fingerprint density at radius 3 is 2.46 bits per heavy atom. The van der Waals surface area contributed by atoms with Crippen molar-refractivity contribution in [1.29, 1.82) is 0 Å². The molecular formula is C17H17N3O4. The molecule has 4 N–H and O–H groups in total. The number of hydrogen-bond donors (Lipinski definition) is 4. The Kier molecular flexibility index (Phi) is 5.51. The van der Waals surface area contributed by atoms with Crippen LogP contribution < -0.4 is 10.7 Å². The summed E-state index contributed by atoms with van der Waals surface area (Å²) in [5, 5.41) is 25.2. The van der Waals surface area contributed by atoms with Gasteiger partial charge in [-0.2, -0.15) is 5.10 Å². The number of phenols is 2. The fourth-order valence-corrected chi connectivity index (χ4v) is 1.82. The summed E-state index contributed by atoms with van der Waals surface area (Å²) in [6.45, 7) is 1.75. The Morgan fingerprint density at radius 1 is 1.12 bits per heavy atom. The van der Waals surface area contributed by atoms with Gasteiger partial charge in [0.05, 0.1) is 6.21 Å². The first-order valence-corrected chi connectivity index (χ1v) is 7.25. The minimum atomic E-state index is -0.433. The van der Waals surface area contributed by atoms with E-state index in [4.69, 9.17) is 0 Å². The van der Waals surface area contributed by atoms with Gasteiger partial charge < -0.3 is 15.5 Å². The van der Waals surface area contributed by atoms with Crippen molar-refractivity contribution in [3.63, 3.8) is 0 Å². The van der Waals surface area contributed by atoms with Gasteiger partial charge in [0.25, 0.3) is 5.91 Å². The second-order valence-corrected chi connectivity index (χ2v) is 4.92.